The van der Waals surface area contributed by atoms with E-state index in [0.717, 1.165) is 6.07 Å². The van der Waals surface area contributed by atoms with Crippen molar-refractivity contribution >= 4 is 6.09 Å². The summed E-state index contributed by atoms with van der Waals surface area (Å²) in [5.74, 6) is -1.36. The van der Waals surface area contributed by atoms with Crippen LogP contribution in [0.5, 0.6) is 0 Å². The number of hydrogen-bond donors (Lipinski definition) is 2. The normalized spacial score (nSPS) is 13.6. The number of ether oxygens (including phenoxy) is 1. The minimum absolute atomic E-state index is 0.0745. The highest BCUT2D eigenvalue weighted by Gasteiger charge is 2.35. The molecule has 0 aliphatic heterocycles. The number of rotatable bonds is 4. The van der Waals surface area contributed by atoms with E-state index in [4.69, 9.17) is 10.5 Å². The largest absolute Gasteiger partial charge is 0.444 e. The maximum atomic E-state index is 14.0. The summed E-state index contributed by atoms with van der Waals surface area (Å²) in [6.07, 6.45) is -5.72. The summed E-state index contributed by atoms with van der Waals surface area (Å²) >= 11 is 0. The lowest BCUT2D eigenvalue weighted by Gasteiger charge is -2.23. The molecule has 1 aromatic rings. The Morgan fingerprint density at radius 2 is 1.91 bits per heavy atom. The molecule has 130 valence electrons. The van der Waals surface area contributed by atoms with E-state index in [9.17, 15) is 22.4 Å². The Hall–Kier alpha value is -1.83. The van der Waals surface area contributed by atoms with Gasteiger partial charge in [-0.05, 0) is 38.8 Å². The van der Waals surface area contributed by atoms with Gasteiger partial charge in [0.25, 0.3) is 0 Å². The summed E-state index contributed by atoms with van der Waals surface area (Å²) in [7, 11) is 0. The van der Waals surface area contributed by atoms with Gasteiger partial charge in [-0.3, -0.25) is 0 Å². The van der Waals surface area contributed by atoms with Crippen molar-refractivity contribution in [3.63, 3.8) is 0 Å². The highest BCUT2D eigenvalue weighted by molar-refractivity contribution is 5.68. The van der Waals surface area contributed by atoms with Crippen LogP contribution in [0.1, 0.15) is 31.9 Å². The van der Waals surface area contributed by atoms with Crippen LogP contribution in [0.3, 0.4) is 0 Å². The van der Waals surface area contributed by atoms with Gasteiger partial charge in [-0.1, -0.05) is 12.1 Å². The van der Waals surface area contributed by atoms with Gasteiger partial charge in [0.1, 0.15) is 11.4 Å². The lowest BCUT2D eigenvalue weighted by molar-refractivity contribution is -0.140. The molecular weight excluding hydrogens is 316 g/mol. The molecule has 0 saturated carbocycles. The molecule has 0 bridgehead atoms. The van der Waals surface area contributed by atoms with E-state index in [-0.39, 0.29) is 18.5 Å². The molecule has 4 nitrogen and oxygen atoms in total. The third-order valence-corrected chi connectivity index (χ3v) is 2.86. The molecule has 3 N–H and O–H groups in total. The van der Waals surface area contributed by atoms with Crippen molar-refractivity contribution in [1.82, 2.24) is 5.32 Å². The second-order valence-corrected chi connectivity index (χ2v) is 6.06. The van der Waals surface area contributed by atoms with Crippen LogP contribution >= 0.6 is 0 Å². The van der Waals surface area contributed by atoms with Gasteiger partial charge in [-0.25, -0.2) is 9.18 Å². The highest BCUT2D eigenvalue weighted by atomic mass is 19.4. The van der Waals surface area contributed by atoms with Crippen LogP contribution in [0.25, 0.3) is 0 Å². The molecule has 0 saturated heterocycles. The molecule has 1 unspecified atom stereocenters. The quantitative estimate of drug-likeness (QED) is 0.830. The van der Waals surface area contributed by atoms with E-state index < -0.39 is 35.3 Å². The zero-order valence-electron chi connectivity index (χ0n) is 13.1. The van der Waals surface area contributed by atoms with Crippen LogP contribution in [0, 0.1) is 5.82 Å². The first-order valence-corrected chi connectivity index (χ1v) is 6.98. The highest BCUT2D eigenvalue weighted by Crippen LogP contribution is 2.32. The number of alkyl halides is 3. The second-order valence-electron chi connectivity index (χ2n) is 6.06. The predicted octanol–water partition coefficient (Wildman–Crippen LogP) is 3.24. The lowest BCUT2D eigenvalue weighted by atomic mass is 10.0. The predicted molar refractivity (Wildman–Crippen MR) is 77.3 cm³/mol. The van der Waals surface area contributed by atoms with Gasteiger partial charge in [-0.15, -0.1) is 0 Å². The van der Waals surface area contributed by atoms with E-state index in [1.54, 1.807) is 20.8 Å². The van der Waals surface area contributed by atoms with Crippen LogP contribution in [0.4, 0.5) is 22.4 Å². The van der Waals surface area contributed by atoms with Gasteiger partial charge in [0.2, 0.25) is 0 Å². The van der Waals surface area contributed by atoms with Gasteiger partial charge < -0.3 is 15.8 Å². The van der Waals surface area contributed by atoms with Crippen LogP contribution in [0.2, 0.25) is 0 Å². The lowest BCUT2D eigenvalue weighted by Crippen LogP contribution is -2.44. The number of amides is 1. The molecule has 0 fully saturated rings. The Kier molecular flexibility index (Phi) is 5.98. The Labute approximate surface area is 132 Å². The summed E-state index contributed by atoms with van der Waals surface area (Å²) in [6.45, 7) is 4.92. The number of alkyl carbamates (subject to hydrolysis) is 1. The topological polar surface area (TPSA) is 64.3 Å². The van der Waals surface area contributed by atoms with Crippen LogP contribution < -0.4 is 11.1 Å². The minimum Gasteiger partial charge on any atom is -0.444 e. The zero-order chi connectivity index (χ0) is 17.8. The van der Waals surface area contributed by atoms with E-state index in [1.165, 1.54) is 6.07 Å². The molecule has 23 heavy (non-hydrogen) atoms. The fraction of sp³-hybridized carbons (Fsp3) is 0.533. The van der Waals surface area contributed by atoms with Gasteiger partial charge >= 0.3 is 12.3 Å². The number of carbonyl (C=O) groups excluding carboxylic acids is 1. The molecule has 1 rings (SSSR count). The fourth-order valence-electron chi connectivity index (χ4n) is 1.89. The van der Waals surface area contributed by atoms with Crippen molar-refractivity contribution in [1.29, 1.82) is 0 Å². The first-order chi connectivity index (χ1) is 10.4. The molecule has 8 heteroatoms. The SMILES string of the molecule is CC(C)(C)OC(=O)NC(CN)Cc1cccc(C(F)(F)F)c1F. The van der Waals surface area contributed by atoms with Crippen LogP contribution in [0.15, 0.2) is 18.2 Å². The standard InChI is InChI=1S/C15H20F4N2O2/c1-14(2,3)23-13(22)21-10(8-20)7-9-5-4-6-11(12(9)16)15(17,18)19/h4-6,10H,7-8,20H2,1-3H3,(H,21,22). The monoisotopic (exact) mass is 336 g/mol. The molecule has 0 heterocycles. The van der Waals surface area contributed by atoms with Crippen molar-refractivity contribution in [2.45, 2.75) is 45.0 Å². The number of hydrogen-bond acceptors (Lipinski definition) is 3. The first-order valence-electron chi connectivity index (χ1n) is 6.98. The van der Waals surface area contributed by atoms with Gasteiger partial charge in [0.15, 0.2) is 0 Å². The van der Waals surface area contributed by atoms with Gasteiger partial charge in [-0.2, -0.15) is 13.2 Å². The van der Waals surface area contributed by atoms with Gasteiger partial charge in [0.05, 0.1) is 5.56 Å². The van der Waals surface area contributed by atoms with Crippen LogP contribution in [-0.4, -0.2) is 24.3 Å². The van der Waals surface area contributed by atoms with E-state index in [2.05, 4.69) is 5.32 Å². The summed E-state index contributed by atoms with van der Waals surface area (Å²) in [4.78, 5) is 11.7. The maximum absolute atomic E-state index is 14.0. The van der Waals surface area contributed by atoms with Crippen molar-refractivity contribution in [2.75, 3.05) is 6.54 Å². The summed E-state index contributed by atoms with van der Waals surface area (Å²) in [5.41, 5.74) is 3.24. The molecule has 1 aromatic carbocycles. The van der Waals surface area contributed by atoms with Crippen molar-refractivity contribution in [3.8, 4) is 0 Å². The number of nitrogens with one attached hydrogen (secondary N) is 1. The van der Waals surface area contributed by atoms with Crippen molar-refractivity contribution in [3.05, 3.63) is 35.1 Å². The zero-order valence-corrected chi connectivity index (χ0v) is 13.1. The minimum atomic E-state index is -4.78. The first kappa shape index (κ1) is 19.2. The van der Waals surface area contributed by atoms with Crippen molar-refractivity contribution in [2.24, 2.45) is 5.73 Å². The fourth-order valence-corrected chi connectivity index (χ4v) is 1.89. The number of nitrogens with two attached hydrogens (primary N) is 1. The number of carbonyl (C=O) groups is 1. The molecular formula is C15H20F4N2O2. The summed E-state index contributed by atoms with van der Waals surface area (Å²) in [6, 6.07) is 2.26. The van der Waals surface area contributed by atoms with E-state index >= 15 is 0 Å². The Bertz CT molecular complexity index is 553. The third kappa shape index (κ3) is 6.05. The third-order valence-electron chi connectivity index (χ3n) is 2.86. The Morgan fingerprint density at radius 3 is 2.39 bits per heavy atom. The molecule has 1 amide bonds. The average Bonchev–Trinajstić information content (AvgIpc) is 2.36. The van der Waals surface area contributed by atoms with Crippen LogP contribution in [-0.2, 0) is 17.3 Å². The van der Waals surface area contributed by atoms with E-state index in [0.29, 0.717) is 6.07 Å². The molecule has 0 aliphatic carbocycles. The molecule has 0 radical (unpaired) electrons. The summed E-state index contributed by atoms with van der Waals surface area (Å²) in [5, 5.41) is 2.42. The average molecular weight is 336 g/mol. The Balaban J connectivity index is 2.86. The van der Waals surface area contributed by atoms with Crippen molar-refractivity contribution < 1.29 is 27.1 Å². The Morgan fingerprint density at radius 1 is 1.30 bits per heavy atom. The number of benzene rings is 1. The molecule has 0 spiro atoms. The molecule has 0 aliphatic rings. The molecule has 0 aromatic heterocycles. The van der Waals surface area contributed by atoms with Gasteiger partial charge in [0, 0.05) is 12.6 Å². The second kappa shape index (κ2) is 7.16. The smallest absolute Gasteiger partial charge is 0.419 e. The van der Waals surface area contributed by atoms with E-state index in [1.807, 2.05) is 0 Å². The number of halogens is 4. The molecule has 1 atom stereocenters. The summed E-state index contributed by atoms with van der Waals surface area (Å²) < 4.78 is 57.1. The maximum Gasteiger partial charge on any atom is 0.419 e.